The van der Waals surface area contributed by atoms with Crippen molar-refractivity contribution < 1.29 is 4.74 Å². The highest BCUT2D eigenvalue weighted by molar-refractivity contribution is 6.34. The summed E-state index contributed by atoms with van der Waals surface area (Å²) in [5.41, 5.74) is 3.06. The molecule has 144 valence electrons. The zero-order valence-electron chi connectivity index (χ0n) is 15.3. The van der Waals surface area contributed by atoms with Crippen LogP contribution in [0.15, 0.2) is 55.0 Å². The number of methoxy groups -OCH3 is 1. The van der Waals surface area contributed by atoms with Gasteiger partial charge in [-0.05, 0) is 35.9 Å². The summed E-state index contributed by atoms with van der Waals surface area (Å²) in [6.45, 7) is 0. The van der Waals surface area contributed by atoms with Crippen LogP contribution >= 0.6 is 23.2 Å². The largest absolute Gasteiger partial charge is 0.497 e. The van der Waals surface area contributed by atoms with E-state index < -0.39 is 0 Å². The topological polar surface area (TPSA) is 70.1 Å². The van der Waals surface area contributed by atoms with Gasteiger partial charge in [-0.2, -0.15) is 5.10 Å². The third-order valence-corrected chi connectivity index (χ3v) is 5.16. The summed E-state index contributed by atoms with van der Waals surface area (Å²) in [6, 6.07) is 13.0. The van der Waals surface area contributed by atoms with Crippen molar-refractivity contribution in [3.8, 4) is 11.4 Å². The lowest BCUT2D eigenvalue weighted by Crippen LogP contribution is -2.00. The fourth-order valence-electron chi connectivity index (χ4n) is 3.19. The predicted molar refractivity (Wildman–Crippen MR) is 111 cm³/mol. The molecule has 0 bridgehead atoms. The Morgan fingerprint density at radius 3 is 2.66 bits per heavy atom. The van der Waals surface area contributed by atoms with Crippen molar-refractivity contribution in [2.24, 2.45) is 0 Å². The van der Waals surface area contributed by atoms with Crippen LogP contribution in [0, 0.1) is 0 Å². The molecule has 0 amide bonds. The Morgan fingerprint density at radius 1 is 1.03 bits per heavy atom. The molecule has 0 unspecified atom stereocenters. The second kappa shape index (κ2) is 7.02. The predicted octanol–water partition coefficient (Wildman–Crippen LogP) is 4.37. The average molecular weight is 425 g/mol. The Labute approximate surface area is 175 Å². The molecule has 0 aliphatic rings. The first-order chi connectivity index (χ1) is 14.1. The van der Waals surface area contributed by atoms with Gasteiger partial charge in [0.05, 0.1) is 29.4 Å². The van der Waals surface area contributed by atoms with Crippen LogP contribution < -0.4 is 4.74 Å². The molecule has 0 aliphatic heterocycles. The molecule has 0 spiro atoms. The van der Waals surface area contributed by atoms with E-state index in [1.165, 1.54) is 0 Å². The highest BCUT2D eigenvalue weighted by Crippen LogP contribution is 2.27. The Balaban J connectivity index is 1.57. The smallest absolute Gasteiger partial charge is 0.170 e. The van der Waals surface area contributed by atoms with E-state index in [4.69, 9.17) is 32.9 Å². The number of hydrogen-bond donors (Lipinski definition) is 0. The molecule has 0 aliphatic carbocycles. The number of hydrogen-bond acceptors (Lipinski definition) is 5. The van der Waals surface area contributed by atoms with Gasteiger partial charge in [0.2, 0.25) is 0 Å². The van der Waals surface area contributed by atoms with Gasteiger partial charge in [-0.25, -0.2) is 19.2 Å². The highest BCUT2D eigenvalue weighted by atomic mass is 35.5. The molecule has 3 heterocycles. The minimum atomic E-state index is 0.530. The molecule has 3 aromatic heterocycles. The summed E-state index contributed by atoms with van der Waals surface area (Å²) >= 11 is 12.5. The minimum absolute atomic E-state index is 0.530. The van der Waals surface area contributed by atoms with E-state index in [1.807, 2.05) is 24.3 Å². The molecule has 0 fully saturated rings. The van der Waals surface area contributed by atoms with Gasteiger partial charge in [0.1, 0.15) is 12.1 Å². The normalized spacial score (nSPS) is 11.4. The Kier molecular flexibility index (Phi) is 4.34. The summed E-state index contributed by atoms with van der Waals surface area (Å²) < 4.78 is 8.51. The number of ether oxygens (including phenoxy) is 1. The molecule has 29 heavy (non-hydrogen) atoms. The molecule has 0 saturated heterocycles. The van der Waals surface area contributed by atoms with E-state index in [2.05, 4.69) is 15.2 Å². The molecule has 2 aromatic carbocycles. The molecule has 0 saturated carbocycles. The van der Waals surface area contributed by atoms with Crippen molar-refractivity contribution in [3.63, 3.8) is 0 Å². The van der Waals surface area contributed by atoms with Crippen LogP contribution in [0.2, 0.25) is 10.0 Å². The summed E-state index contributed by atoms with van der Waals surface area (Å²) in [4.78, 5) is 9.20. The lowest BCUT2D eigenvalue weighted by Gasteiger charge is -2.05. The zero-order valence-corrected chi connectivity index (χ0v) is 16.8. The number of fused-ring (bicyclic) bond motifs is 3. The maximum atomic E-state index is 6.33. The summed E-state index contributed by atoms with van der Waals surface area (Å²) in [6.07, 6.45) is 3.93. The fourth-order valence-corrected chi connectivity index (χ4v) is 3.55. The highest BCUT2D eigenvalue weighted by Gasteiger charge is 2.15. The van der Waals surface area contributed by atoms with Crippen LogP contribution in [-0.4, -0.2) is 36.5 Å². The third kappa shape index (κ3) is 3.18. The Hall–Kier alpha value is -3.16. The molecule has 0 atom stereocenters. The first-order valence-corrected chi connectivity index (χ1v) is 9.54. The van der Waals surface area contributed by atoms with Gasteiger partial charge in [0.15, 0.2) is 17.1 Å². The van der Waals surface area contributed by atoms with Crippen LogP contribution in [-0.2, 0) is 6.42 Å². The van der Waals surface area contributed by atoms with E-state index in [9.17, 15) is 0 Å². The average Bonchev–Trinajstić information content (AvgIpc) is 3.33. The first-order valence-electron chi connectivity index (χ1n) is 8.79. The van der Waals surface area contributed by atoms with Crippen LogP contribution in [0.4, 0.5) is 0 Å². The molecular formula is C20H14Cl2N6O. The van der Waals surface area contributed by atoms with Gasteiger partial charge < -0.3 is 4.74 Å². The van der Waals surface area contributed by atoms with E-state index in [0.717, 1.165) is 16.7 Å². The van der Waals surface area contributed by atoms with Crippen molar-refractivity contribution in [1.29, 1.82) is 0 Å². The van der Waals surface area contributed by atoms with Crippen LogP contribution in [0.25, 0.3) is 22.4 Å². The summed E-state index contributed by atoms with van der Waals surface area (Å²) in [7, 11) is 1.65. The summed E-state index contributed by atoms with van der Waals surface area (Å²) in [5.74, 6) is 1.51. The fraction of sp³-hybridized carbons (Fsp3) is 0.100. The standard InChI is InChI=1S/C20H14Cl2N6O/c1-29-14-5-2-12(3-6-14)8-18-25-20-15-10-24-28(19(15)23-11-27(20)26-18)17-9-13(21)4-7-16(17)22/h2-7,9-11H,8H2,1H3. The molecular weight excluding hydrogens is 411 g/mol. The quantitative estimate of drug-likeness (QED) is 0.428. The maximum absolute atomic E-state index is 6.33. The zero-order chi connectivity index (χ0) is 20.0. The lowest BCUT2D eigenvalue weighted by molar-refractivity contribution is 0.414. The third-order valence-electron chi connectivity index (χ3n) is 4.61. The van der Waals surface area contributed by atoms with Crippen molar-refractivity contribution in [1.82, 2.24) is 29.4 Å². The maximum Gasteiger partial charge on any atom is 0.170 e. The van der Waals surface area contributed by atoms with Gasteiger partial charge in [-0.15, -0.1) is 5.10 Å². The van der Waals surface area contributed by atoms with Crippen LogP contribution in [0.1, 0.15) is 11.4 Å². The molecule has 5 aromatic rings. The van der Waals surface area contributed by atoms with Crippen molar-refractivity contribution in [3.05, 3.63) is 76.4 Å². The van der Waals surface area contributed by atoms with Crippen molar-refractivity contribution in [2.45, 2.75) is 6.42 Å². The van der Waals surface area contributed by atoms with E-state index in [0.29, 0.717) is 39.3 Å². The van der Waals surface area contributed by atoms with Crippen LogP contribution in [0.5, 0.6) is 5.75 Å². The monoisotopic (exact) mass is 424 g/mol. The number of benzene rings is 2. The molecule has 0 radical (unpaired) electrons. The second-order valence-electron chi connectivity index (χ2n) is 6.46. The van der Waals surface area contributed by atoms with Gasteiger partial charge in [0, 0.05) is 11.4 Å². The Morgan fingerprint density at radius 2 is 1.86 bits per heavy atom. The van der Waals surface area contributed by atoms with Gasteiger partial charge in [-0.1, -0.05) is 35.3 Å². The van der Waals surface area contributed by atoms with Gasteiger partial charge >= 0.3 is 0 Å². The molecule has 0 N–H and O–H groups in total. The van der Waals surface area contributed by atoms with Gasteiger partial charge in [0.25, 0.3) is 0 Å². The number of rotatable bonds is 4. The molecule has 9 heteroatoms. The van der Waals surface area contributed by atoms with Crippen LogP contribution in [0.3, 0.4) is 0 Å². The summed E-state index contributed by atoms with van der Waals surface area (Å²) in [5, 5.41) is 10.9. The lowest BCUT2D eigenvalue weighted by atomic mass is 10.1. The first kappa shape index (κ1) is 17.9. The van der Waals surface area contributed by atoms with E-state index >= 15 is 0 Å². The van der Waals surface area contributed by atoms with Crippen molar-refractivity contribution >= 4 is 39.9 Å². The number of aromatic nitrogens is 6. The van der Waals surface area contributed by atoms with E-state index in [-0.39, 0.29) is 0 Å². The minimum Gasteiger partial charge on any atom is -0.497 e. The molecule has 5 rings (SSSR count). The number of nitrogens with zero attached hydrogens (tertiary/aromatic N) is 6. The Bertz CT molecular complexity index is 1340. The SMILES string of the molecule is COc1ccc(Cc2nc3c4cnn(-c5cc(Cl)ccc5Cl)c4ncn3n2)cc1. The second-order valence-corrected chi connectivity index (χ2v) is 7.30. The van der Waals surface area contributed by atoms with E-state index in [1.54, 1.807) is 47.0 Å². The van der Waals surface area contributed by atoms with Crippen molar-refractivity contribution in [2.75, 3.05) is 7.11 Å². The number of halogens is 2. The van der Waals surface area contributed by atoms with Gasteiger partial charge in [-0.3, -0.25) is 0 Å². The molecule has 7 nitrogen and oxygen atoms in total.